The van der Waals surface area contributed by atoms with Crippen LogP contribution in [0.15, 0.2) is 134 Å². The Hall–Kier alpha value is -14.7. The first-order chi connectivity index (χ1) is 66.1. The molecule has 740 valence electrons. The van der Waals surface area contributed by atoms with Gasteiger partial charge in [-0.25, -0.2) is 4.98 Å². The second kappa shape index (κ2) is 50.7. The Morgan fingerprint density at radius 1 is 0.486 bits per heavy atom. The van der Waals surface area contributed by atoms with E-state index in [2.05, 4.69) is 83.4 Å². The van der Waals surface area contributed by atoms with Crippen LogP contribution in [0.2, 0.25) is 0 Å². The number of fused-ring (bicyclic) bond motifs is 4. The maximum Gasteiger partial charge on any atom is 0.246 e. The summed E-state index contributed by atoms with van der Waals surface area (Å²) < 4.78 is 0. The molecule has 44 heteroatoms. The third kappa shape index (κ3) is 28.9. The summed E-state index contributed by atoms with van der Waals surface area (Å²) in [5.74, 6) is -17.1. The molecule has 0 radical (unpaired) electrons. The molecular weight excluding hydrogens is 1800 g/mol. The smallest absolute Gasteiger partial charge is 0.246 e. The number of nitrogens with zero attached hydrogens (tertiary/aromatic N) is 6. The highest BCUT2D eigenvalue weighted by atomic mass is 32.2. The predicted octanol–water partition coefficient (Wildman–Crippen LogP) is -1.46. The molecule has 13 unspecified atom stereocenters. The van der Waals surface area contributed by atoms with Gasteiger partial charge in [-0.3, -0.25) is 86.9 Å². The lowest BCUT2D eigenvalue weighted by Gasteiger charge is -2.36. The van der Waals surface area contributed by atoms with Crippen LogP contribution < -0.4 is 75.7 Å². The van der Waals surface area contributed by atoms with Crippen molar-refractivity contribution in [2.24, 2.45) is 17.2 Å². The number of aliphatic hydroxyl groups excluding tert-OH is 1. The highest BCUT2D eigenvalue weighted by molar-refractivity contribution is 8.00. The van der Waals surface area contributed by atoms with Crippen LogP contribution in [-0.4, -0.2) is 312 Å². The first-order valence-electron chi connectivity index (χ1n) is 45.9. The number of thioether (sulfide) groups is 1. The summed E-state index contributed by atoms with van der Waals surface area (Å²) >= 11 is 0.793. The van der Waals surface area contributed by atoms with Gasteiger partial charge >= 0.3 is 0 Å². The van der Waals surface area contributed by atoms with Gasteiger partial charge in [0.2, 0.25) is 100 Å². The lowest BCUT2D eigenvalue weighted by atomic mass is 10.00. The summed E-state index contributed by atoms with van der Waals surface area (Å²) in [7, 11) is 5.24. The van der Waals surface area contributed by atoms with Crippen molar-refractivity contribution in [2.75, 3.05) is 72.5 Å². The molecule has 17 amide bonds. The molecule has 4 aromatic heterocycles. The van der Waals surface area contributed by atoms with E-state index in [0.29, 0.717) is 86.3 Å². The van der Waals surface area contributed by atoms with E-state index in [4.69, 9.17) is 22.6 Å². The minimum Gasteiger partial charge on any atom is -0.394 e. The van der Waals surface area contributed by atoms with Crippen LogP contribution in [0.25, 0.3) is 32.7 Å². The maximum atomic E-state index is 15.8. The number of hydrogen-bond acceptors (Lipinski definition) is 21. The van der Waals surface area contributed by atoms with Gasteiger partial charge in [0.1, 0.15) is 78.5 Å². The molecule has 4 aromatic carbocycles. The zero-order chi connectivity index (χ0) is 100.0. The van der Waals surface area contributed by atoms with Crippen LogP contribution in [0.4, 0.5) is 0 Å². The number of rotatable bonds is 26. The number of imidazole rings is 1. The van der Waals surface area contributed by atoms with Gasteiger partial charge in [0, 0.05) is 142 Å². The van der Waals surface area contributed by atoms with Gasteiger partial charge in [-0.1, -0.05) is 124 Å². The molecule has 0 bridgehead atoms. The molecule has 0 saturated carbocycles. The molecule has 6 heterocycles. The number of likely N-dealkylation sites (N-methyl/N-ethyl adjacent to an activating group) is 4. The summed E-state index contributed by atoms with van der Waals surface area (Å²) in [4.78, 5) is 273. The topological polar surface area (TPSA) is 637 Å². The number of aromatic nitrogens is 5. The van der Waals surface area contributed by atoms with Gasteiger partial charge in [0.05, 0.1) is 38.2 Å². The van der Waals surface area contributed by atoms with Crippen molar-refractivity contribution in [3.63, 3.8) is 0 Å². The third-order valence-electron chi connectivity index (χ3n) is 24.5. The average molecular weight is 1930 g/mol. The Bertz CT molecular complexity index is 5670. The summed E-state index contributed by atoms with van der Waals surface area (Å²) in [6, 6.07) is 9.63. The van der Waals surface area contributed by atoms with E-state index in [1.807, 2.05) is 13.8 Å². The number of carbonyl (C=O) groups excluding carboxylic acids is 17. The number of primary amides is 2. The van der Waals surface area contributed by atoms with E-state index >= 15 is 38.4 Å². The quantitative estimate of drug-likeness (QED) is 0.0167. The number of H-pyrrole nitrogens is 4. The first-order valence-corrected chi connectivity index (χ1v) is 47.1. The zero-order valence-corrected chi connectivity index (χ0v) is 79.0. The van der Waals surface area contributed by atoms with Crippen LogP contribution in [0.3, 0.4) is 0 Å². The predicted molar refractivity (Wildman–Crippen MR) is 512 cm³/mol. The minimum atomic E-state index is -1.87. The number of amides is 17. The highest BCUT2D eigenvalue weighted by Gasteiger charge is 2.44. The lowest BCUT2D eigenvalue weighted by Crippen LogP contribution is -2.61. The molecule has 0 aliphatic carbocycles. The summed E-state index contributed by atoms with van der Waals surface area (Å²) in [5, 5.41) is 50.3. The number of aromatic amines is 4. The van der Waals surface area contributed by atoms with Gasteiger partial charge in [-0.05, 0) is 85.9 Å². The number of guanidine groups is 1. The van der Waals surface area contributed by atoms with Crippen molar-refractivity contribution >= 4 is 151 Å². The fourth-order valence-electron chi connectivity index (χ4n) is 16.8. The van der Waals surface area contributed by atoms with Gasteiger partial charge in [-0.2, -0.15) is 0 Å². The molecule has 2 fully saturated rings. The molecule has 0 spiro atoms. The Kier molecular flexibility index (Phi) is 38.7. The number of hydrogen-bond donors (Lipinski definition) is 20. The second-order valence-corrected chi connectivity index (χ2v) is 35.6. The number of aliphatic hydroxyl groups is 1. The van der Waals surface area contributed by atoms with Gasteiger partial charge < -0.3 is 125 Å². The number of nitrogens with one attached hydrogen (secondary N) is 16. The number of para-hydroxylation sites is 3. The number of unbranched alkanes of at least 4 members (excludes halogenated alkanes) is 2. The Labute approximate surface area is 800 Å². The van der Waals surface area contributed by atoms with E-state index < -0.39 is 223 Å². The highest BCUT2D eigenvalue weighted by Crippen LogP contribution is 2.27. The molecule has 138 heavy (non-hydrogen) atoms. The average Bonchev–Trinajstić information content (AvgIpc) is 1.53. The first kappa shape index (κ1) is 105. The normalized spacial score (nSPS) is 23.0. The Morgan fingerprint density at radius 2 is 0.978 bits per heavy atom. The standard InChI is InChI=1S/C94H125N25O18S/c1-8-10-32-74-87(131)108-65(31-21-35-100-94(97)98)83(127)114-73(82(126)104-47-78(96)122)50-138-51-80(124)107-68(37-54-23-13-12-14-24-54)90(134)116(5)53(3)81(125)110-71(42-77(95)121)92(136)119-36-22-34-75(119)88(132)109-67(41-58-46-99-52-105-58)85(129)111-69(39-56-44-102-63-29-19-16-26-60(56)63)89(133)115(4)48-79(123)106-66(38-55-43-101-62-28-18-15-25-59(55)62)84(128)113-72(49-120)86(130)112-70(40-57-45-103-64-30-20-17-27-61(57)64)91(135)118(7)76(33-11-9-2)93(137)117(74)6/h12-20,23-30,43-46,52-53,65-76,101-103,120H,8-11,21-22,31-42,47-51H2,1-7H3,(H2,95,121)(H2,96,122)(H,99,105)(H,104,126)(H,106,123)(H,107,124)(H,108,131)(H,109,132)(H,110,125)(H,111,129)(H,112,130)(H,113,128)(H,114,127)(H4,97,98,100). The van der Waals surface area contributed by atoms with Crippen molar-refractivity contribution in [3.05, 3.63) is 162 Å². The van der Waals surface area contributed by atoms with E-state index in [1.54, 1.807) is 122 Å². The third-order valence-corrected chi connectivity index (χ3v) is 25.6. The van der Waals surface area contributed by atoms with Crippen molar-refractivity contribution < 1.29 is 86.6 Å². The molecule has 13 atom stereocenters. The number of carbonyl (C=O) groups is 17. The molecule has 2 aliphatic rings. The van der Waals surface area contributed by atoms with Crippen molar-refractivity contribution in [2.45, 2.75) is 202 Å². The summed E-state index contributed by atoms with van der Waals surface area (Å²) in [5.41, 5.74) is 21.2. The van der Waals surface area contributed by atoms with Gasteiger partial charge in [0.15, 0.2) is 5.96 Å². The number of nitrogens with two attached hydrogens (primary N) is 3. The molecule has 43 nitrogen and oxygen atoms in total. The number of benzene rings is 4. The maximum absolute atomic E-state index is 15.8. The van der Waals surface area contributed by atoms with Crippen LogP contribution in [0, 0.1) is 5.41 Å². The molecule has 2 saturated heterocycles. The van der Waals surface area contributed by atoms with E-state index in [9.17, 15) is 48.3 Å². The monoisotopic (exact) mass is 1920 g/mol. The van der Waals surface area contributed by atoms with E-state index in [0.717, 1.165) is 36.3 Å². The van der Waals surface area contributed by atoms with E-state index in [1.165, 1.54) is 47.6 Å². The lowest BCUT2D eigenvalue weighted by molar-refractivity contribution is -0.149. The van der Waals surface area contributed by atoms with Crippen molar-refractivity contribution in [3.8, 4) is 0 Å². The molecule has 8 aromatic rings. The fourth-order valence-corrected chi connectivity index (χ4v) is 17.7. The molecule has 23 N–H and O–H groups in total. The SMILES string of the molecule is CCCCC1C(=O)N(C)C(CCCC)C(=O)NC(CCCNC(=N)N)C(=O)NC(C(=O)NCC(N)=O)CSCC(=O)NC(Cc2ccccc2)C(=O)N(C)C(C)C(=O)NC(CC(N)=O)C(=O)N2CCCC2C(=O)NC(Cc2cnc[nH]2)C(=O)NC(Cc2c[nH]c3ccccc23)C(=O)N(C)CC(=O)NC(Cc2c[nH]c3ccccc23)C(=O)NC(CO)C(=O)NC(Cc2c[nH]c3ccccc23)C(=O)N1C. The molecule has 2 aliphatic heterocycles. The van der Waals surface area contributed by atoms with Crippen LogP contribution >= 0.6 is 11.8 Å². The van der Waals surface area contributed by atoms with Gasteiger partial charge in [-0.15, -0.1) is 11.8 Å². The van der Waals surface area contributed by atoms with Crippen molar-refractivity contribution in [1.82, 2.24) is 108 Å². The Morgan fingerprint density at radius 3 is 1.54 bits per heavy atom. The van der Waals surface area contributed by atoms with Crippen LogP contribution in [0.1, 0.15) is 119 Å². The Balaban J connectivity index is 1.02. The van der Waals surface area contributed by atoms with Crippen molar-refractivity contribution in [1.29, 1.82) is 5.41 Å². The molecule has 10 rings (SSSR count). The summed E-state index contributed by atoms with van der Waals surface area (Å²) in [6.45, 7) is 2.30. The minimum absolute atomic E-state index is 0.0000959. The van der Waals surface area contributed by atoms with E-state index in [-0.39, 0.29) is 83.7 Å². The van der Waals surface area contributed by atoms with Crippen LogP contribution in [-0.2, 0) is 114 Å². The second-order valence-electron chi connectivity index (χ2n) is 34.6. The summed E-state index contributed by atoms with van der Waals surface area (Å²) in [6.07, 6.45) is 7.27. The van der Waals surface area contributed by atoms with Crippen LogP contribution in [0.5, 0.6) is 0 Å². The largest absolute Gasteiger partial charge is 0.394 e. The van der Waals surface area contributed by atoms with Gasteiger partial charge in [0.25, 0.3) is 0 Å². The zero-order valence-electron chi connectivity index (χ0n) is 78.2. The fraction of sp³-hybridized carbons (Fsp3) is 0.457. The molecular formula is C94H125N25O18S.